The molecule has 1 aliphatic heterocycles. The van der Waals surface area contributed by atoms with Crippen molar-refractivity contribution in [2.24, 2.45) is 0 Å². The molecule has 25 heavy (non-hydrogen) atoms. The van der Waals surface area contributed by atoms with Gasteiger partial charge in [-0.3, -0.25) is 14.9 Å². The van der Waals surface area contributed by atoms with E-state index >= 15 is 0 Å². The maximum Gasteiger partial charge on any atom is 0.254 e. The summed E-state index contributed by atoms with van der Waals surface area (Å²) in [4.78, 5) is 34.2. The topological polar surface area (TPSA) is 75.2 Å². The number of rotatable bonds is 3. The number of amides is 2. The van der Waals surface area contributed by atoms with Crippen molar-refractivity contribution in [2.75, 3.05) is 18.4 Å². The molecule has 2 heterocycles. The smallest absolute Gasteiger partial charge is 0.254 e. The summed E-state index contributed by atoms with van der Waals surface area (Å²) in [6.45, 7) is 0.0284. The van der Waals surface area contributed by atoms with Crippen molar-refractivity contribution in [3.8, 4) is 0 Å². The molecule has 1 N–H and O–H groups in total. The van der Waals surface area contributed by atoms with Crippen molar-refractivity contribution in [1.82, 2.24) is 14.9 Å². The van der Waals surface area contributed by atoms with E-state index in [0.29, 0.717) is 12.0 Å². The third kappa shape index (κ3) is 2.80. The summed E-state index contributed by atoms with van der Waals surface area (Å²) >= 11 is 3.38. The molecule has 2 atom stereocenters. The van der Waals surface area contributed by atoms with Gasteiger partial charge in [0.2, 0.25) is 11.9 Å². The number of benzene rings is 1. The van der Waals surface area contributed by atoms with Gasteiger partial charge in [0.25, 0.3) is 5.91 Å². The van der Waals surface area contributed by atoms with Crippen LogP contribution in [-0.4, -0.2) is 45.9 Å². The van der Waals surface area contributed by atoms with E-state index in [1.54, 1.807) is 18.2 Å². The van der Waals surface area contributed by atoms with Crippen LogP contribution in [0.25, 0.3) is 0 Å². The van der Waals surface area contributed by atoms with E-state index in [-0.39, 0.29) is 24.9 Å². The van der Waals surface area contributed by atoms with Crippen LogP contribution >= 0.6 is 15.9 Å². The highest BCUT2D eigenvalue weighted by atomic mass is 79.9. The number of halogens is 2. The Balaban J connectivity index is 1.57. The van der Waals surface area contributed by atoms with Crippen LogP contribution in [0.3, 0.4) is 0 Å². The molecule has 0 saturated heterocycles. The minimum atomic E-state index is -1.00. The Labute approximate surface area is 151 Å². The van der Waals surface area contributed by atoms with E-state index in [0.717, 1.165) is 10.0 Å². The summed E-state index contributed by atoms with van der Waals surface area (Å²) in [5.41, 5.74) is 0.483. The molecule has 0 bridgehead atoms. The molecule has 0 radical (unpaired) electrons. The SMILES string of the molecule is O=C(CN1C[C@@]2(C[C@@H]2F)c2cc(Br)ccc2C1=O)Nc1ncccn1. The zero-order valence-corrected chi connectivity index (χ0v) is 14.7. The first-order valence-corrected chi connectivity index (χ1v) is 8.59. The molecule has 1 spiro atoms. The van der Waals surface area contributed by atoms with E-state index in [9.17, 15) is 14.0 Å². The Bertz CT molecular complexity index is 863. The standard InChI is InChI=1S/C17H14BrFN4O2/c18-10-2-3-11-12(6-10)17(7-13(17)19)9-23(15(11)25)8-14(24)22-16-20-4-1-5-21-16/h1-6,13H,7-9H2,(H,20,21,22,24)/t13-,17-/m0/s1. The minimum Gasteiger partial charge on any atom is -0.328 e. The molecule has 128 valence electrons. The maximum absolute atomic E-state index is 14.2. The number of alkyl halides is 1. The van der Waals surface area contributed by atoms with E-state index in [1.807, 2.05) is 6.07 Å². The first kappa shape index (κ1) is 16.1. The average molecular weight is 405 g/mol. The summed E-state index contributed by atoms with van der Waals surface area (Å²) in [6.07, 6.45) is 2.38. The predicted octanol–water partition coefficient (Wildman–Crippen LogP) is 2.31. The lowest BCUT2D eigenvalue weighted by Gasteiger charge is -2.34. The second-order valence-corrected chi connectivity index (χ2v) is 7.22. The molecule has 1 aromatic heterocycles. The Hall–Kier alpha value is -2.35. The van der Waals surface area contributed by atoms with Gasteiger partial charge < -0.3 is 4.90 Å². The molecule has 1 aliphatic carbocycles. The number of hydrogen-bond donors (Lipinski definition) is 1. The molecule has 0 unspecified atom stereocenters. The van der Waals surface area contributed by atoms with Crippen LogP contribution in [0.5, 0.6) is 0 Å². The number of anilines is 1. The fourth-order valence-electron chi connectivity index (χ4n) is 3.31. The van der Waals surface area contributed by atoms with Gasteiger partial charge in [-0.2, -0.15) is 0 Å². The molecule has 8 heteroatoms. The quantitative estimate of drug-likeness (QED) is 0.851. The third-order valence-corrected chi connectivity index (χ3v) is 5.14. The van der Waals surface area contributed by atoms with Crippen LogP contribution in [0, 0.1) is 0 Å². The second-order valence-electron chi connectivity index (χ2n) is 6.30. The summed E-state index contributed by atoms with van der Waals surface area (Å²) < 4.78 is 15.0. The van der Waals surface area contributed by atoms with E-state index < -0.39 is 17.5 Å². The Morgan fingerprint density at radius 3 is 2.80 bits per heavy atom. The average Bonchev–Trinajstić information content (AvgIpc) is 3.23. The van der Waals surface area contributed by atoms with Crippen molar-refractivity contribution < 1.29 is 14.0 Å². The molecule has 2 aliphatic rings. The van der Waals surface area contributed by atoms with Crippen molar-refractivity contribution >= 4 is 33.7 Å². The number of carbonyl (C=O) groups excluding carboxylic acids is 2. The first-order valence-electron chi connectivity index (χ1n) is 7.80. The molecule has 1 fully saturated rings. The number of nitrogens with one attached hydrogen (secondary N) is 1. The van der Waals surface area contributed by atoms with Crippen LogP contribution < -0.4 is 5.32 Å². The molecule has 4 rings (SSSR count). The van der Waals surface area contributed by atoms with E-state index in [4.69, 9.17) is 0 Å². The van der Waals surface area contributed by atoms with E-state index in [1.165, 1.54) is 17.3 Å². The van der Waals surface area contributed by atoms with Gasteiger partial charge in [0, 0.05) is 34.4 Å². The molecule has 2 amide bonds. The van der Waals surface area contributed by atoms with Crippen LogP contribution in [0.2, 0.25) is 0 Å². The van der Waals surface area contributed by atoms with E-state index in [2.05, 4.69) is 31.2 Å². The zero-order valence-electron chi connectivity index (χ0n) is 13.1. The number of carbonyl (C=O) groups is 2. The lowest BCUT2D eigenvalue weighted by Crippen LogP contribution is -2.47. The number of hydrogen-bond acceptors (Lipinski definition) is 4. The molecule has 1 saturated carbocycles. The van der Waals surface area contributed by atoms with Gasteiger partial charge in [-0.05, 0) is 36.2 Å². The largest absolute Gasteiger partial charge is 0.328 e. The molecular weight excluding hydrogens is 391 g/mol. The Morgan fingerprint density at radius 2 is 2.12 bits per heavy atom. The first-order chi connectivity index (χ1) is 12.0. The van der Waals surface area contributed by atoms with Crippen LogP contribution in [0.15, 0.2) is 41.1 Å². The van der Waals surface area contributed by atoms with Gasteiger partial charge in [0.15, 0.2) is 0 Å². The highest BCUT2D eigenvalue weighted by molar-refractivity contribution is 9.10. The van der Waals surface area contributed by atoms with Crippen molar-refractivity contribution in [1.29, 1.82) is 0 Å². The van der Waals surface area contributed by atoms with Gasteiger partial charge in [-0.25, -0.2) is 14.4 Å². The zero-order chi connectivity index (χ0) is 17.6. The lowest BCUT2D eigenvalue weighted by atomic mass is 9.86. The highest BCUT2D eigenvalue weighted by Crippen LogP contribution is 2.54. The predicted molar refractivity (Wildman–Crippen MR) is 91.9 cm³/mol. The van der Waals surface area contributed by atoms with Crippen LogP contribution in [-0.2, 0) is 10.2 Å². The number of fused-ring (bicyclic) bond motifs is 2. The highest BCUT2D eigenvalue weighted by Gasteiger charge is 2.61. The summed E-state index contributed by atoms with van der Waals surface area (Å²) in [5.74, 6) is -0.506. The van der Waals surface area contributed by atoms with Crippen LogP contribution in [0.4, 0.5) is 10.3 Å². The number of aromatic nitrogens is 2. The normalized spacial score (nSPS) is 24.2. The van der Waals surface area contributed by atoms with Crippen LogP contribution in [0.1, 0.15) is 22.3 Å². The van der Waals surface area contributed by atoms with Crippen molar-refractivity contribution in [3.05, 3.63) is 52.3 Å². The third-order valence-electron chi connectivity index (χ3n) is 4.64. The fourth-order valence-corrected chi connectivity index (χ4v) is 3.68. The summed E-state index contributed by atoms with van der Waals surface area (Å²) in [7, 11) is 0. The Kier molecular flexibility index (Phi) is 3.79. The molecule has 6 nitrogen and oxygen atoms in total. The fraction of sp³-hybridized carbons (Fsp3) is 0.294. The molecule has 2 aromatic rings. The van der Waals surface area contributed by atoms with Gasteiger partial charge >= 0.3 is 0 Å². The van der Waals surface area contributed by atoms with Gasteiger partial charge in [0.1, 0.15) is 12.7 Å². The van der Waals surface area contributed by atoms with Crippen molar-refractivity contribution in [2.45, 2.75) is 18.0 Å². The van der Waals surface area contributed by atoms with Gasteiger partial charge in [0.05, 0.1) is 0 Å². The minimum absolute atomic E-state index is 0.166. The monoisotopic (exact) mass is 404 g/mol. The second kappa shape index (κ2) is 5.87. The maximum atomic E-state index is 14.2. The lowest BCUT2D eigenvalue weighted by molar-refractivity contribution is -0.117. The summed E-state index contributed by atoms with van der Waals surface area (Å²) in [6, 6.07) is 6.87. The molecular formula is C17H14BrFN4O2. The molecule has 1 aromatic carbocycles. The summed E-state index contributed by atoms with van der Waals surface area (Å²) in [5, 5.41) is 2.55. The number of nitrogens with zero attached hydrogens (tertiary/aromatic N) is 3. The Morgan fingerprint density at radius 1 is 1.40 bits per heavy atom. The van der Waals surface area contributed by atoms with Gasteiger partial charge in [-0.1, -0.05) is 15.9 Å². The van der Waals surface area contributed by atoms with Gasteiger partial charge in [-0.15, -0.1) is 0 Å². The van der Waals surface area contributed by atoms with Crippen molar-refractivity contribution in [3.63, 3.8) is 0 Å².